The van der Waals surface area contributed by atoms with Gasteiger partial charge in [-0.2, -0.15) is 0 Å². The molecule has 0 saturated heterocycles. The molecule has 0 aromatic heterocycles. The molecule has 0 aliphatic heterocycles. The number of benzene rings is 4. The van der Waals surface area contributed by atoms with Crippen LogP contribution in [0.1, 0.15) is 50.4 Å². The van der Waals surface area contributed by atoms with Gasteiger partial charge in [0.2, 0.25) is 23.4 Å². The van der Waals surface area contributed by atoms with Gasteiger partial charge in [-0.25, -0.2) is 27.6 Å². The Balaban J connectivity index is 0.00000625. The highest BCUT2D eigenvalue weighted by Crippen LogP contribution is 2.26. The molecule has 0 spiro atoms. The van der Waals surface area contributed by atoms with E-state index < -0.39 is 33.7 Å². The largest absolute Gasteiger partial charge is 0.457 e. The molecule has 0 N–H and O–H groups in total. The molecule has 0 radical (unpaired) electrons. The standard InChI is InChI=1S/C34H26O12S.4CH4/c1-3-31(35)43-21-41-25-9-5-23(6-10-25)33(37)45-27-13-17-29(18-14-27)47(39,40)30-19-15-28(16-20-30)46-34(38)24-7-11-26(12-8-24)42-22-44-32(36)4-2;;;;/h3-20H,1-2,21-22H2;4*1H4. The lowest BCUT2D eigenvalue weighted by molar-refractivity contribution is -0.145. The number of hydrogen-bond donors (Lipinski definition) is 0. The second kappa shape index (κ2) is 21.0. The van der Waals surface area contributed by atoms with Crippen LogP contribution in [0.4, 0.5) is 0 Å². The van der Waals surface area contributed by atoms with Crippen molar-refractivity contribution in [2.24, 2.45) is 0 Å². The van der Waals surface area contributed by atoms with Gasteiger partial charge < -0.3 is 28.4 Å². The molecule has 0 fully saturated rings. The number of ether oxygens (including phenoxy) is 6. The fourth-order valence-electron chi connectivity index (χ4n) is 3.65. The monoisotopic (exact) mass is 722 g/mol. The molecule has 0 saturated carbocycles. The maximum atomic E-state index is 13.2. The van der Waals surface area contributed by atoms with Gasteiger partial charge in [-0.15, -0.1) is 0 Å². The zero-order valence-corrected chi connectivity index (χ0v) is 25.3. The highest BCUT2D eigenvalue weighted by molar-refractivity contribution is 7.91. The quantitative estimate of drug-likeness (QED) is 0.0543. The minimum Gasteiger partial charge on any atom is -0.457 e. The summed E-state index contributed by atoms with van der Waals surface area (Å²) in [7, 11) is -3.96. The van der Waals surface area contributed by atoms with Crippen LogP contribution in [-0.2, 0) is 28.9 Å². The smallest absolute Gasteiger partial charge is 0.343 e. The average molecular weight is 723 g/mol. The molecule has 0 bridgehead atoms. The third-order valence-electron chi connectivity index (χ3n) is 6.06. The summed E-state index contributed by atoms with van der Waals surface area (Å²) in [4.78, 5) is 47.1. The third-order valence-corrected chi connectivity index (χ3v) is 7.84. The summed E-state index contributed by atoms with van der Waals surface area (Å²) in [6.07, 6.45) is 2.00. The second-order valence-electron chi connectivity index (χ2n) is 9.13. The van der Waals surface area contributed by atoms with Gasteiger partial charge in [0.25, 0.3) is 0 Å². The van der Waals surface area contributed by atoms with Crippen molar-refractivity contribution >= 4 is 33.7 Å². The van der Waals surface area contributed by atoms with Gasteiger partial charge in [0.15, 0.2) is 0 Å². The molecule has 12 nitrogen and oxygen atoms in total. The second-order valence-corrected chi connectivity index (χ2v) is 11.1. The van der Waals surface area contributed by atoms with E-state index in [4.69, 9.17) is 28.4 Å². The van der Waals surface area contributed by atoms with E-state index in [1.165, 1.54) is 97.1 Å². The van der Waals surface area contributed by atoms with Gasteiger partial charge in [-0.05, 0) is 97.1 Å². The van der Waals surface area contributed by atoms with Gasteiger partial charge >= 0.3 is 23.9 Å². The van der Waals surface area contributed by atoms with E-state index in [0.29, 0.717) is 11.5 Å². The molecule has 4 rings (SSSR count). The van der Waals surface area contributed by atoms with Crippen LogP contribution in [-0.4, -0.2) is 45.9 Å². The Bertz CT molecular complexity index is 1730. The van der Waals surface area contributed by atoms with Gasteiger partial charge in [-0.1, -0.05) is 42.9 Å². The molecule has 272 valence electrons. The molecular weight excluding hydrogens is 680 g/mol. The topological polar surface area (TPSA) is 158 Å². The van der Waals surface area contributed by atoms with Crippen molar-refractivity contribution in [3.05, 3.63) is 133 Å². The molecule has 4 aromatic carbocycles. The van der Waals surface area contributed by atoms with Gasteiger partial charge in [0.05, 0.1) is 20.9 Å². The van der Waals surface area contributed by atoms with Crippen molar-refractivity contribution in [3.8, 4) is 23.0 Å². The fraction of sp³-hybridized carbons (Fsp3) is 0.158. The molecule has 0 aliphatic carbocycles. The summed E-state index contributed by atoms with van der Waals surface area (Å²) in [5.74, 6) is -1.72. The van der Waals surface area contributed by atoms with Crippen LogP contribution < -0.4 is 18.9 Å². The molecular formula is C38H42O12S. The van der Waals surface area contributed by atoms with Crippen LogP contribution in [0.2, 0.25) is 0 Å². The normalized spacial score (nSPS) is 9.73. The lowest BCUT2D eigenvalue weighted by atomic mass is 10.2. The maximum absolute atomic E-state index is 13.2. The number of esters is 4. The third kappa shape index (κ3) is 12.6. The summed E-state index contributed by atoms with van der Waals surface area (Å²) in [5.41, 5.74) is 0.403. The van der Waals surface area contributed by atoms with E-state index in [1.807, 2.05) is 0 Å². The number of rotatable bonds is 14. The van der Waals surface area contributed by atoms with E-state index in [0.717, 1.165) is 12.2 Å². The van der Waals surface area contributed by atoms with E-state index in [1.54, 1.807) is 0 Å². The zero-order chi connectivity index (χ0) is 33.8. The first-order valence-electron chi connectivity index (χ1n) is 13.5. The number of hydrogen-bond acceptors (Lipinski definition) is 12. The van der Waals surface area contributed by atoms with Crippen molar-refractivity contribution in [3.63, 3.8) is 0 Å². The number of sulfone groups is 1. The average Bonchev–Trinajstić information content (AvgIpc) is 3.09. The van der Waals surface area contributed by atoms with Crippen molar-refractivity contribution in [2.75, 3.05) is 13.6 Å². The van der Waals surface area contributed by atoms with Crippen molar-refractivity contribution in [1.29, 1.82) is 0 Å². The van der Waals surface area contributed by atoms with E-state index in [9.17, 15) is 27.6 Å². The minimum absolute atomic E-state index is 0. The minimum atomic E-state index is -3.96. The predicted octanol–water partition coefficient (Wildman–Crippen LogP) is 7.63. The Morgan fingerprint density at radius 2 is 0.784 bits per heavy atom. The first-order valence-corrected chi connectivity index (χ1v) is 15.0. The molecule has 0 amide bonds. The molecule has 4 aromatic rings. The summed E-state index contributed by atoms with van der Waals surface area (Å²) >= 11 is 0. The van der Waals surface area contributed by atoms with Crippen LogP contribution in [0.5, 0.6) is 23.0 Å². The summed E-state index contributed by atoms with van der Waals surface area (Å²) in [6, 6.07) is 22.3. The Kier molecular flexibility index (Phi) is 18.4. The zero-order valence-electron chi connectivity index (χ0n) is 24.5. The first kappa shape index (κ1) is 44.8. The molecule has 13 heteroatoms. The van der Waals surface area contributed by atoms with Crippen LogP contribution in [0, 0.1) is 0 Å². The van der Waals surface area contributed by atoms with Crippen LogP contribution in [0.25, 0.3) is 0 Å². The van der Waals surface area contributed by atoms with Gasteiger partial charge in [-0.3, -0.25) is 0 Å². The Hall–Kier alpha value is -6.21. The van der Waals surface area contributed by atoms with E-state index in [-0.39, 0.29) is 75.7 Å². The summed E-state index contributed by atoms with van der Waals surface area (Å²) < 4.78 is 56.9. The maximum Gasteiger partial charge on any atom is 0.343 e. The summed E-state index contributed by atoms with van der Waals surface area (Å²) in [6.45, 7) is 5.90. The Morgan fingerprint density at radius 1 is 0.490 bits per heavy atom. The SMILES string of the molecule is C.C.C.C.C=CC(=O)OCOc1ccc(C(=O)Oc2ccc(S(=O)(=O)c3ccc(OC(=O)c4ccc(OCOC(=O)C=C)cc4)cc3)cc2)cc1. The van der Waals surface area contributed by atoms with Crippen molar-refractivity contribution in [2.45, 2.75) is 39.5 Å². The fourth-order valence-corrected chi connectivity index (χ4v) is 4.91. The van der Waals surface area contributed by atoms with E-state index >= 15 is 0 Å². The molecule has 51 heavy (non-hydrogen) atoms. The molecule has 0 heterocycles. The van der Waals surface area contributed by atoms with Crippen LogP contribution >= 0.6 is 0 Å². The van der Waals surface area contributed by atoms with E-state index in [2.05, 4.69) is 13.2 Å². The number of carbonyl (C=O) groups excluding carboxylic acids is 4. The lowest BCUT2D eigenvalue weighted by Gasteiger charge is -2.09. The number of carbonyl (C=O) groups is 4. The molecule has 0 atom stereocenters. The highest BCUT2D eigenvalue weighted by atomic mass is 32.2. The highest BCUT2D eigenvalue weighted by Gasteiger charge is 2.19. The van der Waals surface area contributed by atoms with Gasteiger partial charge in [0.1, 0.15) is 23.0 Å². The first-order chi connectivity index (χ1) is 22.6. The van der Waals surface area contributed by atoms with Crippen LogP contribution in [0.15, 0.2) is 132 Å². The lowest BCUT2D eigenvalue weighted by Crippen LogP contribution is -2.10. The van der Waals surface area contributed by atoms with Crippen molar-refractivity contribution < 1.29 is 56.0 Å². The Morgan fingerprint density at radius 3 is 1.08 bits per heavy atom. The van der Waals surface area contributed by atoms with Crippen molar-refractivity contribution in [1.82, 2.24) is 0 Å². The molecule has 0 unspecified atom stereocenters. The summed E-state index contributed by atoms with van der Waals surface area (Å²) in [5, 5.41) is 0. The molecule has 0 aliphatic rings. The Labute approximate surface area is 298 Å². The van der Waals surface area contributed by atoms with Crippen LogP contribution in [0.3, 0.4) is 0 Å². The predicted molar refractivity (Wildman–Crippen MR) is 192 cm³/mol. The van der Waals surface area contributed by atoms with Gasteiger partial charge in [0, 0.05) is 12.2 Å².